The van der Waals surface area contributed by atoms with Gasteiger partial charge in [0.15, 0.2) is 17.3 Å². The molecule has 4 rings (SSSR count). The van der Waals surface area contributed by atoms with E-state index in [9.17, 15) is 4.79 Å². The Morgan fingerprint density at radius 3 is 2.57 bits per heavy atom. The molecule has 0 spiro atoms. The molecule has 0 radical (unpaired) electrons. The van der Waals surface area contributed by atoms with Crippen molar-refractivity contribution < 1.29 is 28.0 Å². The van der Waals surface area contributed by atoms with Crippen LogP contribution >= 0.6 is 0 Å². The summed E-state index contributed by atoms with van der Waals surface area (Å²) in [5.74, 6) is -3.98. The van der Waals surface area contributed by atoms with Gasteiger partial charge in [-0.2, -0.15) is 0 Å². The molecule has 1 aliphatic heterocycles. The van der Waals surface area contributed by atoms with E-state index in [1.165, 1.54) is 0 Å². The summed E-state index contributed by atoms with van der Waals surface area (Å²) in [6, 6.07) is 8.64. The van der Waals surface area contributed by atoms with Crippen molar-refractivity contribution in [1.82, 2.24) is 4.90 Å². The first kappa shape index (κ1) is 10.4. The molecule has 4 heteroatoms. The summed E-state index contributed by atoms with van der Waals surface area (Å²) >= 11 is 0. The van der Waals surface area contributed by atoms with Crippen molar-refractivity contribution in [3.05, 3.63) is 59.1 Å². The fourth-order valence-corrected chi connectivity index (χ4v) is 4.00. The molecule has 0 bridgehead atoms. The molecule has 28 heavy (non-hydrogen) atoms. The largest absolute Gasteiger partial charge is 0.493 e. The molecule has 4 nitrogen and oxygen atoms in total. The maximum absolute atomic E-state index is 13.5. The minimum Gasteiger partial charge on any atom is -0.493 e. The third-order valence-electron chi connectivity index (χ3n) is 5.46. The van der Waals surface area contributed by atoms with Crippen LogP contribution in [0.2, 0.25) is 0 Å². The number of likely N-dealkylation sites (tertiary alicyclic amines) is 1. The van der Waals surface area contributed by atoms with E-state index in [4.69, 9.17) is 23.2 Å². The number of Topliss-reactive ketones (excluding diaryl/α,β-unsaturated/α-hetero) is 1. The average Bonchev–Trinajstić information content (AvgIpc) is 3.17. The lowest BCUT2D eigenvalue weighted by molar-refractivity contribution is 0.0895. The molecule has 0 aromatic heterocycles. The summed E-state index contributed by atoms with van der Waals surface area (Å²) in [7, 11) is -6.18. The minimum atomic E-state index is -3.10. The monoisotopic (exact) mass is 389 g/mol. The number of rotatable bonds is 6. The number of carbonyl (C=O) groups excluding carboxylic acids is 1. The number of methoxy groups -OCH3 is 2. The molecule has 1 heterocycles. The van der Waals surface area contributed by atoms with Crippen molar-refractivity contribution in [2.75, 3.05) is 27.2 Å². The Kier molecular flexibility index (Phi) is 3.12. The lowest BCUT2D eigenvalue weighted by Gasteiger charge is -2.32. The van der Waals surface area contributed by atoms with E-state index in [0.717, 1.165) is 12.1 Å². The highest BCUT2D eigenvalue weighted by Gasteiger charge is 2.34. The minimum absolute atomic E-state index is 0.0347. The molecule has 0 amide bonds. The van der Waals surface area contributed by atoms with Gasteiger partial charge in [0.2, 0.25) is 0 Å². The van der Waals surface area contributed by atoms with Gasteiger partial charge in [0.25, 0.3) is 0 Å². The second-order valence-corrected chi connectivity index (χ2v) is 7.29. The number of benzene rings is 2. The number of hydrogen-bond acceptors (Lipinski definition) is 4. The van der Waals surface area contributed by atoms with Crippen LogP contribution in [0.3, 0.4) is 0 Å². The predicted molar refractivity (Wildman–Crippen MR) is 110 cm³/mol. The van der Waals surface area contributed by atoms with Gasteiger partial charge in [-0.1, -0.05) is 30.3 Å². The average molecular weight is 390 g/mol. The number of ether oxygens (including phenoxy) is 2. The number of nitrogens with zero attached hydrogens (tertiary/aromatic N) is 1. The zero-order valence-electron chi connectivity index (χ0n) is 25.5. The Morgan fingerprint density at radius 2 is 1.86 bits per heavy atom. The molecular weight excluding hydrogens is 350 g/mol. The smallest absolute Gasteiger partial charge is 0.166 e. The molecule has 148 valence electrons. The first-order valence-electron chi connectivity index (χ1n) is 14.4. The molecule has 2 aliphatic rings. The second-order valence-electron chi connectivity index (χ2n) is 7.29. The Bertz CT molecular complexity index is 1190. The first-order chi connectivity index (χ1) is 17.6. The van der Waals surface area contributed by atoms with Crippen molar-refractivity contribution in [1.29, 1.82) is 0 Å². The molecule has 0 N–H and O–H groups in total. The maximum atomic E-state index is 13.5. The Labute approximate surface area is 181 Å². The third kappa shape index (κ3) is 3.93. The van der Waals surface area contributed by atoms with Gasteiger partial charge in [-0.3, -0.25) is 9.69 Å². The SMILES string of the molecule is [2H]c1c2c(c([2H])c(OC([2H])([2H])[2H])c1OC([2H])([2H])[2H])C(=O)C(C([2H])([2H])C1CCN(Cc3ccccc3)CC1)C2. The molecule has 2 aromatic carbocycles. The van der Waals surface area contributed by atoms with Crippen molar-refractivity contribution >= 4 is 5.78 Å². The van der Waals surface area contributed by atoms with Crippen molar-refractivity contribution in [3.63, 3.8) is 0 Å². The van der Waals surface area contributed by atoms with E-state index in [0.29, 0.717) is 25.9 Å². The molecule has 2 aromatic rings. The van der Waals surface area contributed by atoms with Gasteiger partial charge < -0.3 is 9.47 Å². The lowest BCUT2D eigenvalue weighted by atomic mass is 9.85. The Balaban J connectivity index is 1.59. The summed E-state index contributed by atoms with van der Waals surface area (Å²) < 4.78 is 88.9. The van der Waals surface area contributed by atoms with E-state index in [1.54, 1.807) is 0 Å². The molecular formula is C24H29NO3. The summed E-state index contributed by atoms with van der Waals surface area (Å²) in [5.41, 5.74) is 0.807. The summed E-state index contributed by atoms with van der Waals surface area (Å²) in [4.78, 5) is 15.7. The van der Waals surface area contributed by atoms with Crippen LogP contribution < -0.4 is 9.47 Å². The van der Waals surface area contributed by atoms with Gasteiger partial charge >= 0.3 is 0 Å². The quantitative estimate of drug-likeness (QED) is 0.736. The number of ketones is 1. The third-order valence-corrected chi connectivity index (χ3v) is 5.46. The first-order valence-corrected chi connectivity index (χ1v) is 9.43. The predicted octanol–water partition coefficient (Wildman–Crippen LogP) is 4.36. The highest BCUT2D eigenvalue weighted by Crippen LogP contribution is 2.39. The highest BCUT2D eigenvalue weighted by molar-refractivity contribution is 6.02. The van der Waals surface area contributed by atoms with Crippen LogP contribution in [0, 0.1) is 11.8 Å². The normalized spacial score (nSPS) is 26.9. The van der Waals surface area contributed by atoms with Crippen molar-refractivity contribution in [2.24, 2.45) is 11.8 Å². The van der Waals surface area contributed by atoms with Crippen LogP contribution in [0.5, 0.6) is 11.5 Å². The Hall–Kier alpha value is -2.33. The van der Waals surface area contributed by atoms with Gasteiger partial charge in [0, 0.05) is 20.8 Å². The number of carbonyl (C=O) groups is 1. The molecule has 1 fully saturated rings. The summed E-state index contributed by atoms with van der Waals surface area (Å²) in [6.07, 6.45) is -1.16. The fraction of sp³-hybridized carbons (Fsp3) is 0.458. The van der Waals surface area contributed by atoms with Gasteiger partial charge in [0.1, 0.15) is 0 Å². The molecule has 1 aliphatic carbocycles. The fourth-order valence-electron chi connectivity index (χ4n) is 4.00. The van der Waals surface area contributed by atoms with Crippen LogP contribution in [0.25, 0.3) is 0 Å². The number of piperidine rings is 1. The standard InChI is InChI=1S/C24H29NO3/c1-27-22-14-19-13-20(24(26)21(19)15-23(22)28-2)12-17-8-10-25(11-9-17)16-18-6-4-3-5-7-18/h3-7,14-15,17,20H,8-13,16H2,1-2H3/i1D3,2D3,12D2,14D,15D. The van der Waals surface area contributed by atoms with Gasteiger partial charge in [-0.05, 0) is 67.9 Å². The van der Waals surface area contributed by atoms with E-state index < -0.39 is 61.7 Å². The van der Waals surface area contributed by atoms with Crippen LogP contribution in [-0.4, -0.2) is 37.8 Å². The second kappa shape index (κ2) is 8.36. The summed E-state index contributed by atoms with van der Waals surface area (Å²) in [6.45, 7) is 2.04. The van der Waals surface area contributed by atoms with Gasteiger partial charge in [-0.25, -0.2) is 0 Å². The van der Waals surface area contributed by atoms with E-state index in [1.807, 2.05) is 30.3 Å². The topological polar surface area (TPSA) is 38.8 Å². The molecule has 1 saturated heterocycles. The maximum Gasteiger partial charge on any atom is 0.166 e. The highest BCUT2D eigenvalue weighted by atomic mass is 16.5. The zero-order chi connectivity index (χ0) is 28.0. The number of hydrogen-bond donors (Lipinski definition) is 0. The molecule has 1 unspecified atom stereocenters. The van der Waals surface area contributed by atoms with Gasteiger partial charge in [-0.15, -0.1) is 0 Å². The van der Waals surface area contributed by atoms with Crippen LogP contribution in [0.15, 0.2) is 42.4 Å². The van der Waals surface area contributed by atoms with E-state index in [-0.39, 0.29) is 17.5 Å². The van der Waals surface area contributed by atoms with Crippen LogP contribution in [0.4, 0.5) is 0 Å². The van der Waals surface area contributed by atoms with Crippen molar-refractivity contribution in [3.8, 4) is 11.5 Å². The van der Waals surface area contributed by atoms with Crippen LogP contribution in [0.1, 0.15) is 54.4 Å². The molecule has 1 atom stereocenters. The van der Waals surface area contributed by atoms with Crippen LogP contribution in [-0.2, 0) is 13.0 Å². The lowest BCUT2D eigenvalue weighted by Crippen LogP contribution is -2.34. The van der Waals surface area contributed by atoms with Gasteiger partial charge in [0.05, 0.1) is 25.0 Å². The molecule has 0 saturated carbocycles. The van der Waals surface area contributed by atoms with Crippen molar-refractivity contribution in [2.45, 2.75) is 32.2 Å². The van der Waals surface area contributed by atoms with E-state index >= 15 is 0 Å². The zero-order valence-corrected chi connectivity index (χ0v) is 15.5. The van der Waals surface area contributed by atoms with E-state index in [2.05, 4.69) is 4.90 Å². The number of fused-ring (bicyclic) bond motifs is 1. The summed E-state index contributed by atoms with van der Waals surface area (Å²) in [5, 5.41) is 0. The Morgan fingerprint density at radius 1 is 1.14 bits per heavy atom.